The summed E-state index contributed by atoms with van der Waals surface area (Å²) in [5.41, 5.74) is 1.57. The summed E-state index contributed by atoms with van der Waals surface area (Å²) >= 11 is 6.82. The molecule has 0 amide bonds. The van der Waals surface area contributed by atoms with Gasteiger partial charge in [0.25, 0.3) is 0 Å². The van der Waals surface area contributed by atoms with E-state index < -0.39 is 6.10 Å². The van der Waals surface area contributed by atoms with Crippen molar-refractivity contribution in [1.82, 2.24) is 0 Å². The number of benzene rings is 1. The molecule has 0 bridgehead atoms. The molecule has 0 aliphatic rings. The largest absolute Gasteiger partial charge is 0.466 e. The highest BCUT2D eigenvalue weighted by molar-refractivity contribution is 9.11. The van der Waals surface area contributed by atoms with E-state index in [4.69, 9.17) is 9.84 Å². The maximum atomic E-state index is 11.4. The molecular formula is C13H17Br2NO4. The molecule has 0 fully saturated rings. The molecule has 0 radical (unpaired) electrons. The van der Waals surface area contributed by atoms with Gasteiger partial charge in [-0.2, -0.15) is 0 Å². The van der Waals surface area contributed by atoms with Crippen LogP contribution >= 0.6 is 31.9 Å². The predicted octanol–water partition coefficient (Wildman–Crippen LogP) is 2.08. The molecule has 0 aliphatic carbocycles. The molecule has 1 unspecified atom stereocenters. The average molecular weight is 411 g/mol. The van der Waals surface area contributed by atoms with Crippen molar-refractivity contribution in [2.24, 2.45) is 0 Å². The minimum Gasteiger partial charge on any atom is -0.466 e. The SMILES string of the molecule is CCOC(=O)Cc1cc(Br)c(NCC(O)CO)c(Br)c1. The number of carbonyl (C=O) groups is 1. The van der Waals surface area contributed by atoms with E-state index in [1.54, 1.807) is 6.92 Å². The average Bonchev–Trinajstić information content (AvgIpc) is 2.37. The molecule has 1 aromatic carbocycles. The van der Waals surface area contributed by atoms with Gasteiger partial charge in [0, 0.05) is 15.5 Å². The lowest BCUT2D eigenvalue weighted by Gasteiger charge is -2.14. The Bertz CT molecular complexity index is 445. The molecular weight excluding hydrogens is 394 g/mol. The van der Waals surface area contributed by atoms with Crippen molar-refractivity contribution >= 4 is 43.5 Å². The molecule has 0 saturated carbocycles. The van der Waals surface area contributed by atoms with Crippen LogP contribution in [0.2, 0.25) is 0 Å². The summed E-state index contributed by atoms with van der Waals surface area (Å²) in [5.74, 6) is -0.275. The van der Waals surface area contributed by atoms with E-state index in [9.17, 15) is 9.90 Å². The van der Waals surface area contributed by atoms with Crippen LogP contribution in [-0.4, -0.2) is 42.0 Å². The number of rotatable bonds is 7. The molecule has 1 aromatic rings. The Labute approximate surface area is 134 Å². The summed E-state index contributed by atoms with van der Waals surface area (Å²) in [7, 11) is 0. The zero-order valence-corrected chi connectivity index (χ0v) is 14.2. The minimum atomic E-state index is -0.826. The van der Waals surface area contributed by atoms with Crippen LogP contribution in [0.3, 0.4) is 0 Å². The molecule has 3 N–H and O–H groups in total. The zero-order chi connectivity index (χ0) is 15.1. The Morgan fingerprint density at radius 1 is 1.40 bits per heavy atom. The van der Waals surface area contributed by atoms with Gasteiger partial charge in [-0.05, 0) is 56.5 Å². The predicted molar refractivity (Wildman–Crippen MR) is 83.8 cm³/mol. The number of hydrogen-bond donors (Lipinski definition) is 3. The number of halogens is 2. The van der Waals surface area contributed by atoms with Crippen molar-refractivity contribution in [1.29, 1.82) is 0 Å². The van der Waals surface area contributed by atoms with E-state index in [1.807, 2.05) is 12.1 Å². The van der Waals surface area contributed by atoms with Crippen LogP contribution < -0.4 is 5.32 Å². The summed E-state index contributed by atoms with van der Waals surface area (Å²) < 4.78 is 6.42. The maximum Gasteiger partial charge on any atom is 0.310 e. The van der Waals surface area contributed by atoms with Crippen molar-refractivity contribution < 1.29 is 19.7 Å². The highest BCUT2D eigenvalue weighted by Crippen LogP contribution is 2.32. The Hall–Kier alpha value is -0.630. The summed E-state index contributed by atoms with van der Waals surface area (Å²) in [6, 6.07) is 3.63. The van der Waals surface area contributed by atoms with E-state index in [-0.39, 0.29) is 25.5 Å². The number of hydrogen-bond acceptors (Lipinski definition) is 5. The van der Waals surface area contributed by atoms with Crippen molar-refractivity contribution in [3.8, 4) is 0 Å². The van der Waals surface area contributed by atoms with Crippen LogP contribution in [0, 0.1) is 0 Å². The minimum absolute atomic E-state index is 0.199. The van der Waals surface area contributed by atoms with Gasteiger partial charge in [-0.15, -0.1) is 0 Å². The summed E-state index contributed by atoms with van der Waals surface area (Å²) in [5, 5.41) is 21.1. The third-order valence-electron chi connectivity index (χ3n) is 2.48. The first-order chi connectivity index (χ1) is 9.47. The number of aliphatic hydroxyl groups excluding tert-OH is 2. The molecule has 112 valence electrons. The van der Waals surface area contributed by atoms with Crippen molar-refractivity contribution in [2.75, 3.05) is 25.1 Å². The van der Waals surface area contributed by atoms with Gasteiger partial charge < -0.3 is 20.3 Å². The topological polar surface area (TPSA) is 78.8 Å². The third-order valence-corrected chi connectivity index (χ3v) is 3.73. The lowest BCUT2D eigenvalue weighted by atomic mass is 10.1. The first-order valence-corrected chi connectivity index (χ1v) is 7.72. The number of aliphatic hydroxyl groups is 2. The van der Waals surface area contributed by atoms with Crippen molar-refractivity contribution in [3.63, 3.8) is 0 Å². The van der Waals surface area contributed by atoms with Gasteiger partial charge >= 0.3 is 5.97 Å². The molecule has 0 spiro atoms. The van der Waals surface area contributed by atoms with Crippen LogP contribution in [0.5, 0.6) is 0 Å². The van der Waals surface area contributed by atoms with Crippen molar-refractivity contribution in [2.45, 2.75) is 19.4 Å². The van der Waals surface area contributed by atoms with Crippen LogP contribution in [-0.2, 0) is 16.0 Å². The van der Waals surface area contributed by atoms with Gasteiger partial charge in [0.05, 0.1) is 31.4 Å². The van der Waals surface area contributed by atoms with Gasteiger partial charge in [-0.3, -0.25) is 4.79 Å². The number of esters is 1. The highest BCUT2D eigenvalue weighted by Gasteiger charge is 2.12. The van der Waals surface area contributed by atoms with Gasteiger partial charge in [0.15, 0.2) is 0 Å². The van der Waals surface area contributed by atoms with E-state index in [0.29, 0.717) is 6.61 Å². The molecule has 1 atom stereocenters. The fourth-order valence-electron chi connectivity index (χ4n) is 1.56. The summed E-state index contributed by atoms with van der Waals surface area (Å²) in [4.78, 5) is 11.4. The van der Waals surface area contributed by atoms with E-state index in [0.717, 1.165) is 20.2 Å². The quantitative estimate of drug-likeness (QED) is 0.600. The van der Waals surface area contributed by atoms with Crippen LogP contribution in [0.15, 0.2) is 21.1 Å². The first-order valence-electron chi connectivity index (χ1n) is 6.14. The molecule has 1 rings (SSSR count). The van der Waals surface area contributed by atoms with Gasteiger partial charge in [0.1, 0.15) is 0 Å². The fraction of sp³-hybridized carbons (Fsp3) is 0.462. The molecule has 0 aromatic heterocycles. The number of carbonyl (C=O) groups excluding carboxylic acids is 1. The second-order valence-corrected chi connectivity index (χ2v) is 5.84. The standard InChI is InChI=1S/C13H17Br2NO4/c1-2-20-12(19)5-8-3-10(14)13(11(15)4-8)16-6-9(18)7-17/h3-4,9,16-18H,2,5-7H2,1H3. The van der Waals surface area contributed by atoms with E-state index in [1.165, 1.54) is 0 Å². The zero-order valence-electron chi connectivity index (χ0n) is 11.0. The lowest BCUT2D eigenvalue weighted by molar-refractivity contribution is -0.142. The lowest BCUT2D eigenvalue weighted by Crippen LogP contribution is -2.23. The third kappa shape index (κ3) is 5.40. The number of anilines is 1. The van der Waals surface area contributed by atoms with Crippen LogP contribution in [0.1, 0.15) is 12.5 Å². The van der Waals surface area contributed by atoms with Crippen molar-refractivity contribution in [3.05, 3.63) is 26.6 Å². The summed E-state index contributed by atoms with van der Waals surface area (Å²) in [6.07, 6.45) is -0.627. The molecule has 7 heteroatoms. The van der Waals surface area contributed by atoms with Crippen LogP contribution in [0.25, 0.3) is 0 Å². The number of ether oxygens (including phenoxy) is 1. The molecule has 5 nitrogen and oxygen atoms in total. The maximum absolute atomic E-state index is 11.4. The monoisotopic (exact) mass is 409 g/mol. The second kappa shape index (κ2) is 8.61. The Morgan fingerprint density at radius 3 is 2.50 bits per heavy atom. The van der Waals surface area contributed by atoms with E-state index >= 15 is 0 Å². The smallest absolute Gasteiger partial charge is 0.310 e. The van der Waals surface area contributed by atoms with Gasteiger partial charge in [0.2, 0.25) is 0 Å². The second-order valence-electron chi connectivity index (χ2n) is 4.13. The highest BCUT2D eigenvalue weighted by atomic mass is 79.9. The fourth-order valence-corrected chi connectivity index (χ4v) is 3.12. The Balaban J connectivity index is 2.78. The molecule has 20 heavy (non-hydrogen) atoms. The molecule has 0 saturated heterocycles. The molecule has 0 heterocycles. The molecule has 0 aliphatic heterocycles. The number of nitrogens with one attached hydrogen (secondary N) is 1. The van der Waals surface area contributed by atoms with Gasteiger partial charge in [-0.25, -0.2) is 0 Å². The Morgan fingerprint density at radius 2 is 2.00 bits per heavy atom. The Kier molecular flexibility index (Phi) is 7.50. The van der Waals surface area contributed by atoms with E-state index in [2.05, 4.69) is 37.2 Å². The summed E-state index contributed by atoms with van der Waals surface area (Å²) in [6.45, 7) is 2.05. The van der Waals surface area contributed by atoms with Crippen LogP contribution in [0.4, 0.5) is 5.69 Å². The normalized spacial score (nSPS) is 12.1. The van der Waals surface area contributed by atoms with Gasteiger partial charge in [-0.1, -0.05) is 0 Å². The first kappa shape index (κ1) is 17.4.